The van der Waals surface area contributed by atoms with E-state index in [1.807, 2.05) is 166 Å². The van der Waals surface area contributed by atoms with Crippen LogP contribution in [-0.4, -0.2) is 62.8 Å². The standard InChI is InChI=1S/C19H17N.C19H16N.2C12H10N.CHF3O3S.2CH4O.2Ir.2H2/c2*1-2-15-13-19(17-11-7-4-8-12-17)20-14-18(15)16-9-5-3-6-10-16;2*1-10-6-5-9-12(13-10)11-7-3-2-4-8-11;2-1(3,4)8(5,6)7;2*1-2;;;;/h3-14H,2H2,1H3;3-11,13-14H,2H2,1H3;2*2-7,9H,1H3;(H,5,6,7);2*2H,1H3;;;2*1H/q;3*-1;;;;;;;/p-1. The van der Waals surface area contributed by atoms with E-state index in [9.17, 15) is 13.2 Å². The maximum atomic E-state index is 10.7. The van der Waals surface area contributed by atoms with Crippen molar-refractivity contribution in [2.45, 2.75) is 46.0 Å². The maximum Gasteiger partial charge on any atom is 0.485 e. The van der Waals surface area contributed by atoms with Gasteiger partial charge in [-0.3, -0.25) is 4.98 Å². The molecule has 424 valence electrons. The van der Waals surface area contributed by atoms with Crippen molar-refractivity contribution in [1.29, 1.82) is 0 Å². The predicted molar refractivity (Wildman–Crippen MR) is 311 cm³/mol. The van der Waals surface area contributed by atoms with Crippen LogP contribution in [0.2, 0.25) is 0 Å². The largest absolute Gasteiger partial charge is 0.741 e. The molecule has 4 heterocycles. The van der Waals surface area contributed by atoms with Crippen molar-refractivity contribution >= 4 is 10.1 Å². The zero-order valence-corrected chi connectivity index (χ0v) is 50.5. The summed E-state index contributed by atoms with van der Waals surface area (Å²) in [7, 11) is -4.09. The van der Waals surface area contributed by atoms with Crippen LogP contribution in [0.4, 0.5) is 13.2 Å². The first-order valence-corrected chi connectivity index (χ1v) is 26.0. The van der Waals surface area contributed by atoms with E-state index in [1.165, 1.54) is 38.9 Å². The molecule has 6 aromatic carbocycles. The molecule has 0 unspecified atom stereocenters. The Morgan fingerprint density at radius 2 is 0.775 bits per heavy atom. The Morgan fingerprint density at radius 3 is 1.09 bits per heavy atom. The van der Waals surface area contributed by atoms with Crippen molar-refractivity contribution in [1.82, 2.24) is 19.9 Å². The second kappa shape index (κ2) is 36.9. The number of aliphatic hydroxyl groups excluding tert-OH is 2. The topological polar surface area (TPSA) is 149 Å². The van der Waals surface area contributed by atoms with Gasteiger partial charge in [-0.05, 0) is 84.2 Å². The fraction of sp³-hybridized carbons (Fsp3) is 0.138. The number of benzene rings is 6. The summed E-state index contributed by atoms with van der Waals surface area (Å²) in [5.41, 5.74) is 12.3. The van der Waals surface area contributed by atoms with Gasteiger partial charge in [-0.25, -0.2) is 8.42 Å². The average Bonchev–Trinajstić information content (AvgIpc) is 3.52. The SMILES string of the molecule is CCc1cc(-c2[c-]cccc2)ncc1-c1ccccc1.CCc1cc(-c2ccccc2)ncc1-c1ccccc1.CO.CO.Cc1cccc(-c2[c-]cccc2)n1.Cc1cccc(-c2[c-]cccc2)n1.O=S(=O)([O-])C(F)(F)F.[HH].[HH].[Ir].[Ir]. The third-order valence-electron chi connectivity index (χ3n) is 11.0. The molecule has 0 amide bonds. The first-order valence-electron chi connectivity index (χ1n) is 24.6. The summed E-state index contributed by atoms with van der Waals surface area (Å²) < 4.78 is 58.9. The summed E-state index contributed by atoms with van der Waals surface area (Å²) >= 11 is 0. The number of aliphatic hydroxyl groups is 2. The van der Waals surface area contributed by atoms with Crippen molar-refractivity contribution in [3.05, 3.63) is 265 Å². The van der Waals surface area contributed by atoms with E-state index < -0.39 is 15.6 Å². The van der Waals surface area contributed by atoms with E-state index >= 15 is 0 Å². The van der Waals surface area contributed by atoms with Gasteiger partial charge in [0.1, 0.15) is 0 Å². The molecule has 15 heteroatoms. The van der Waals surface area contributed by atoms with E-state index in [0.717, 1.165) is 77.9 Å². The van der Waals surface area contributed by atoms with E-state index in [4.69, 9.17) is 23.2 Å². The molecule has 0 aliphatic rings. The van der Waals surface area contributed by atoms with Crippen molar-refractivity contribution in [2.24, 2.45) is 0 Å². The molecule has 0 aliphatic carbocycles. The fourth-order valence-corrected chi connectivity index (χ4v) is 7.29. The molecule has 0 bridgehead atoms. The summed E-state index contributed by atoms with van der Waals surface area (Å²) in [4.78, 5) is 18.1. The number of hydrogen-bond acceptors (Lipinski definition) is 9. The number of halogens is 3. The second-order valence-corrected chi connectivity index (χ2v) is 17.7. The van der Waals surface area contributed by atoms with Crippen LogP contribution in [0.3, 0.4) is 0 Å². The summed E-state index contributed by atoms with van der Waals surface area (Å²) in [5.74, 6) is 0. The van der Waals surface area contributed by atoms with Gasteiger partial charge in [-0.15, -0.1) is 108 Å². The molecule has 2 N–H and O–H groups in total. The summed E-state index contributed by atoms with van der Waals surface area (Å²) in [6.45, 7) is 8.36. The van der Waals surface area contributed by atoms with Gasteiger partial charge in [0.15, 0.2) is 10.1 Å². The summed E-state index contributed by atoms with van der Waals surface area (Å²) in [6, 6.07) is 80.8. The molecule has 0 aliphatic heterocycles. The van der Waals surface area contributed by atoms with Crippen LogP contribution in [0.5, 0.6) is 0 Å². The molecular formula is C65H65F3Ir2N4O5S-4. The minimum atomic E-state index is -6.09. The summed E-state index contributed by atoms with van der Waals surface area (Å²) in [6.07, 6.45) is 5.97. The predicted octanol–water partition coefficient (Wildman–Crippen LogP) is 15.2. The quantitative estimate of drug-likeness (QED) is 0.0861. The van der Waals surface area contributed by atoms with Gasteiger partial charge in [0, 0.05) is 97.8 Å². The molecule has 0 saturated carbocycles. The van der Waals surface area contributed by atoms with Gasteiger partial charge < -0.3 is 29.7 Å². The molecule has 80 heavy (non-hydrogen) atoms. The van der Waals surface area contributed by atoms with Crippen LogP contribution in [-0.2, 0) is 63.2 Å². The molecule has 4 aromatic heterocycles. The number of rotatable bonds is 8. The molecular weight excluding hydrogens is 1390 g/mol. The van der Waals surface area contributed by atoms with Crippen molar-refractivity contribution in [3.63, 3.8) is 0 Å². The van der Waals surface area contributed by atoms with E-state index in [0.29, 0.717) is 0 Å². The van der Waals surface area contributed by atoms with E-state index in [2.05, 4.69) is 125 Å². The van der Waals surface area contributed by atoms with E-state index in [1.54, 1.807) is 0 Å². The zero-order valence-electron chi connectivity index (χ0n) is 44.9. The smallest absolute Gasteiger partial charge is 0.485 e. The Morgan fingerprint density at radius 1 is 0.463 bits per heavy atom. The zero-order chi connectivity index (χ0) is 56.8. The Balaban J connectivity index is 0.00000100. The number of nitrogens with zero attached hydrogens (tertiary/aromatic N) is 4. The van der Waals surface area contributed by atoms with Gasteiger partial charge in [0.05, 0.1) is 5.69 Å². The Kier molecular flexibility index (Phi) is 31.8. The molecule has 0 fully saturated rings. The monoisotopic (exact) mass is 1460 g/mol. The van der Waals surface area contributed by atoms with Crippen molar-refractivity contribution < 1.29 is 79.4 Å². The Hall–Kier alpha value is -7.16. The minimum Gasteiger partial charge on any atom is -0.741 e. The normalized spacial score (nSPS) is 10.0. The van der Waals surface area contributed by atoms with Crippen LogP contribution in [0.1, 0.15) is 39.2 Å². The Labute approximate surface area is 499 Å². The van der Waals surface area contributed by atoms with Crippen LogP contribution in [0.25, 0.3) is 67.3 Å². The fourth-order valence-electron chi connectivity index (χ4n) is 7.29. The third kappa shape index (κ3) is 22.5. The van der Waals surface area contributed by atoms with Gasteiger partial charge in [-0.1, -0.05) is 135 Å². The Bertz CT molecular complexity index is 3200. The van der Waals surface area contributed by atoms with Gasteiger partial charge in [0.25, 0.3) is 0 Å². The minimum absolute atomic E-state index is 0. The summed E-state index contributed by atoms with van der Waals surface area (Å²) in [5, 5.41) is 14.0. The van der Waals surface area contributed by atoms with Crippen LogP contribution in [0.15, 0.2) is 225 Å². The van der Waals surface area contributed by atoms with Crippen LogP contribution in [0, 0.1) is 32.0 Å². The molecule has 2 radical (unpaired) electrons. The number of alkyl halides is 3. The van der Waals surface area contributed by atoms with E-state index in [-0.39, 0.29) is 43.1 Å². The molecule has 0 saturated heterocycles. The molecule has 0 atom stereocenters. The van der Waals surface area contributed by atoms with Gasteiger partial charge >= 0.3 is 5.51 Å². The number of aromatic nitrogens is 4. The van der Waals surface area contributed by atoms with Gasteiger partial charge in [0.2, 0.25) is 0 Å². The number of aryl methyl sites for hydroxylation is 4. The number of pyridine rings is 4. The third-order valence-corrected chi connectivity index (χ3v) is 11.6. The molecule has 10 aromatic rings. The molecule has 0 spiro atoms. The molecule has 10 rings (SSSR count). The van der Waals surface area contributed by atoms with Crippen LogP contribution >= 0.6 is 0 Å². The van der Waals surface area contributed by atoms with Crippen molar-refractivity contribution in [2.75, 3.05) is 14.2 Å². The van der Waals surface area contributed by atoms with Crippen LogP contribution < -0.4 is 0 Å². The van der Waals surface area contributed by atoms with Crippen molar-refractivity contribution in [3.8, 4) is 67.3 Å². The average molecular weight is 1460 g/mol. The van der Waals surface area contributed by atoms with Gasteiger partial charge in [-0.2, -0.15) is 13.2 Å². The molecule has 9 nitrogen and oxygen atoms in total. The number of hydrogen-bond donors (Lipinski definition) is 2. The first kappa shape index (κ1) is 68.9. The first-order chi connectivity index (χ1) is 37.7. The second-order valence-electron chi connectivity index (χ2n) is 16.3. The maximum absolute atomic E-state index is 10.7.